The van der Waals surface area contributed by atoms with Crippen LogP contribution in [0.25, 0.3) is 0 Å². The Balaban J connectivity index is 5.49. The van der Waals surface area contributed by atoms with Crippen LogP contribution in [0.15, 0.2) is 48.6 Å². The number of ether oxygens (including phenoxy) is 8. The Morgan fingerprint density at radius 3 is 0.767 bits per heavy atom. The van der Waals surface area contributed by atoms with Crippen LogP contribution in [-0.2, 0) is 76.3 Å². The van der Waals surface area contributed by atoms with E-state index in [0.29, 0.717) is 65.2 Å². The van der Waals surface area contributed by atoms with Gasteiger partial charge >= 0.3 is 47.8 Å². The normalized spacial score (nSPS) is 13.2. The molecular weight excluding hydrogens is 1180 g/mol. The highest BCUT2D eigenvalue weighted by Crippen LogP contribution is 2.17. The first-order valence-corrected chi connectivity index (χ1v) is 35.2. The van der Waals surface area contributed by atoms with Crippen LogP contribution in [0.2, 0.25) is 0 Å². The van der Waals surface area contributed by atoms with Gasteiger partial charge in [-0.2, -0.15) is 0 Å². The molecule has 0 rings (SSSR count). The number of hydrogen-bond acceptors (Lipinski definition) is 23. The van der Waals surface area contributed by atoms with Gasteiger partial charge < -0.3 is 52.6 Å². The molecule has 0 N–H and O–H groups in total. The van der Waals surface area contributed by atoms with Gasteiger partial charge in [-0.25, -0.2) is 0 Å². The van der Waals surface area contributed by atoms with Crippen LogP contribution in [-0.4, -0.2) is 219 Å². The maximum absolute atomic E-state index is 12.9. The zero-order valence-electron chi connectivity index (χ0n) is 53.5. The molecule has 0 aromatic carbocycles. The van der Waals surface area contributed by atoms with Crippen LogP contribution in [0.3, 0.4) is 0 Å². The van der Waals surface area contributed by atoms with Gasteiger partial charge in [0, 0.05) is 26.2 Å². The SMILES string of the molecule is CC/C=C/CCSC(C)C(=O)OCCOC(=O)CCN(CCCN(C)CCCN(CCC(=O)OCCOC(=O)C(C)SCC/C=C/CC)CCC(=O)OCCOC(=O)C(C)SCC/C=C/CC)CCC(=O)OCCOC(=O)C(C)SCC/C=C/CC. The first kappa shape index (κ1) is 82.0. The maximum Gasteiger partial charge on any atom is 0.318 e. The van der Waals surface area contributed by atoms with E-state index in [0.717, 1.165) is 74.4 Å². The summed E-state index contributed by atoms with van der Waals surface area (Å²) in [4.78, 5) is 107. The van der Waals surface area contributed by atoms with Crippen molar-refractivity contribution < 1.29 is 76.3 Å². The minimum Gasteiger partial charge on any atom is -0.462 e. The molecule has 0 saturated carbocycles. The fraction of sp³-hybridized carbons (Fsp3) is 0.746. The second-order valence-electron chi connectivity index (χ2n) is 20.0. The molecule has 0 bridgehead atoms. The summed E-state index contributed by atoms with van der Waals surface area (Å²) in [5.74, 6) is -0.135. The second kappa shape index (κ2) is 57.4. The Bertz CT molecular complexity index is 1700. The van der Waals surface area contributed by atoms with E-state index in [4.69, 9.17) is 37.9 Å². The van der Waals surface area contributed by atoms with Crippen LogP contribution in [0.1, 0.15) is 145 Å². The van der Waals surface area contributed by atoms with Crippen LogP contribution in [0.4, 0.5) is 0 Å². The lowest BCUT2D eigenvalue weighted by molar-refractivity contribution is -0.152. The summed E-state index contributed by atoms with van der Waals surface area (Å²) in [6.07, 6.45) is 25.6. The molecule has 0 radical (unpaired) electrons. The molecule has 0 heterocycles. The standard InChI is InChI=1S/C63H107N3O16S4/c1-10-14-18-22-48-83-52(5)60(71)79-44-40-75-56(67)28-36-65(37-29-57(68)76-41-45-80-61(72)53(6)84-49-23-19-15-11-2)34-26-32-64(9)33-27-35-66(38-30-58(69)77-42-46-81-62(73)54(7)85-50-24-20-16-12-3)39-31-59(70)78-43-47-82-63(74)55(8)86-51-25-21-17-13-4/h14-21,52-55H,10-13,22-51H2,1-9H3/b18-14+,19-15+,20-16+,21-17+. The van der Waals surface area contributed by atoms with Crippen LogP contribution < -0.4 is 0 Å². The Morgan fingerprint density at radius 1 is 0.326 bits per heavy atom. The lowest BCUT2D eigenvalue weighted by Crippen LogP contribution is -2.34. The molecule has 0 aliphatic carbocycles. The van der Waals surface area contributed by atoms with Crippen molar-refractivity contribution in [3.8, 4) is 0 Å². The first-order chi connectivity index (χ1) is 41.5. The number of hydrogen-bond donors (Lipinski definition) is 0. The lowest BCUT2D eigenvalue weighted by atomic mass is 10.2. The van der Waals surface area contributed by atoms with Gasteiger partial charge in [-0.3, -0.25) is 38.4 Å². The summed E-state index contributed by atoms with van der Waals surface area (Å²) in [5, 5.41) is -1.37. The third kappa shape index (κ3) is 49.9. The molecule has 19 nitrogen and oxygen atoms in total. The molecular formula is C63H107N3O16S4. The minimum absolute atomic E-state index is 0.0432. The quantitative estimate of drug-likeness (QED) is 0.0239. The average molecular weight is 1290 g/mol. The summed E-state index contributed by atoms with van der Waals surface area (Å²) in [7, 11) is 1.99. The molecule has 0 aliphatic heterocycles. The molecule has 494 valence electrons. The van der Waals surface area contributed by atoms with E-state index in [1.807, 2.05) is 16.8 Å². The highest BCUT2D eigenvalue weighted by molar-refractivity contribution is 8.01. The molecule has 0 aliphatic rings. The third-order valence-corrected chi connectivity index (χ3v) is 17.1. The summed E-state index contributed by atoms with van der Waals surface area (Å²) in [6, 6.07) is 0. The van der Waals surface area contributed by atoms with Gasteiger partial charge in [0.05, 0.1) is 46.7 Å². The van der Waals surface area contributed by atoms with Crippen molar-refractivity contribution in [1.82, 2.24) is 14.7 Å². The van der Waals surface area contributed by atoms with Gasteiger partial charge in [0.1, 0.15) is 52.9 Å². The van der Waals surface area contributed by atoms with E-state index in [9.17, 15) is 38.4 Å². The molecule has 23 heteroatoms. The first-order valence-electron chi connectivity index (χ1n) is 31.0. The highest BCUT2D eigenvalue weighted by atomic mass is 32.2. The monoisotopic (exact) mass is 1290 g/mol. The number of carbonyl (C=O) groups is 8. The summed E-state index contributed by atoms with van der Waals surface area (Å²) < 4.78 is 42.9. The van der Waals surface area contributed by atoms with E-state index < -0.39 is 23.9 Å². The largest absolute Gasteiger partial charge is 0.462 e. The Labute approximate surface area is 533 Å². The summed E-state index contributed by atoms with van der Waals surface area (Å²) >= 11 is 6.03. The zero-order chi connectivity index (χ0) is 63.8. The van der Waals surface area contributed by atoms with Crippen molar-refractivity contribution in [1.29, 1.82) is 0 Å². The van der Waals surface area contributed by atoms with Crippen molar-refractivity contribution in [3.05, 3.63) is 48.6 Å². The molecule has 0 aromatic rings. The Morgan fingerprint density at radius 2 is 0.547 bits per heavy atom. The molecule has 0 saturated heterocycles. The fourth-order valence-electron chi connectivity index (χ4n) is 7.52. The van der Waals surface area contributed by atoms with Gasteiger partial charge in [0.15, 0.2) is 0 Å². The molecule has 0 spiro atoms. The van der Waals surface area contributed by atoms with E-state index in [-0.39, 0.29) is 123 Å². The number of allylic oxidation sites excluding steroid dienone is 8. The predicted octanol–water partition coefficient (Wildman–Crippen LogP) is 10.1. The van der Waals surface area contributed by atoms with E-state index in [1.54, 1.807) is 27.7 Å². The third-order valence-electron chi connectivity index (χ3n) is 12.5. The van der Waals surface area contributed by atoms with E-state index >= 15 is 0 Å². The van der Waals surface area contributed by atoms with Crippen LogP contribution in [0.5, 0.6) is 0 Å². The summed E-state index contributed by atoms with van der Waals surface area (Å²) in [6.45, 7) is 18.6. The van der Waals surface area contributed by atoms with E-state index in [2.05, 4.69) is 81.2 Å². The van der Waals surface area contributed by atoms with E-state index in [1.165, 1.54) is 47.0 Å². The molecule has 4 unspecified atom stereocenters. The number of thioether (sulfide) groups is 4. The molecule has 0 aromatic heterocycles. The van der Waals surface area contributed by atoms with Gasteiger partial charge in [-0.15, -0.1) is 47.0 Å². The summed E-state index contributed by atoms with van der Waals surface area (Å²) in [5.41, 5.74) is 0. The minimum atomic E-state index is -0.465. The number of rotatable bonds is 56. The number of carbonyl (C=O) groups excluding carboxylic acids is 8. The van der Waals surface area contributed by atoms with Crippen molar-refractivity contribution in [2.45, 2.75) is 166 Å². The molecule has 0 fully saturated rings. The van der Waals surface area contributed by atoms with Gasteiger partial charge in [-0.05, 0) is 148 Å². The average Bonchev–Trinajstić information content (AvgIpc) is 3.51. The second-order valence-corrected chi connectivity index (χ2v) is 25.8. The van der Waals surface area contributed by atoms with Crippen molar-refractivity contribution in [2.75, 3.05) is 135 Å². The van der Waals surface area contributed by atoms with Crippen molar-refractivity contribution >= 4 is 94.8 Å². The maximum atomic E-state index is 12.9. The van der Waals surface area contributed by atoms with Gasteiger partial charge in [0.2, 0.25) is 0 Å². The van der Waals surface area contributed by atoms with Crippen molar-refractivity contribution in [2.24, 2.45) is 0 Å². The topological polar surface area (TPSA) is 220 Å². The smallest absolute Gasteiger partial charge is 0.318 e. The van der Waals surface area contributed by atoms with Crippen LogP contribution in [0, 0.1) is 0 Å². The number of nitrogens with zero attached hydrogens (tertiary/aromatic N) is 3. The highest BCUT2D eigenvalue weighted by Gasteiger charge is 2.20. The Hall–Kier alpha value is -4.00. The fourth-order valence-corrected chi connectivity index (χ4v) is 10.8. The van der Waals surface area contributed by atoms with Crippen molar-refractivity contribution in [3.63, 3.8) is 0 Å². The molecule has 0 amide bonds. The molecule has 86 heavy (non-hydrogen) atoms. The van der Waals surface area contributed by atoms with Gasteiger partial charge in [-0.1, -0.05) is 76.3 Å². The predicted molar refractivity (Wildman–Crippen MR) is 350 cm³/mol. The van der Waals surface area contributed by atoms with Gasteiger partial charge in [0.25, 0.3) is 0 Å². The number of esters is 8. The Kier molecular flexibility index (Phi) is 54.8. The molecule has 4 atom stereocenters. The zero-order valence-corrected chi connectivity index (χ0v) is 56.7. The lowest BCUT2D eigenvalue weighted by Gasteiger charge is -2.25. The van der Waals surface area contributed by atoms with Crippen LogP contribution >= 0.6 is 47.0 Å².